The molecule has 0 aliphatic heterocycles. The number of carboxylic acids is 1. The number of hydrogen-bond donors (Lipinski definition) is 1. The molecule has 1 aromatic rings. The third-order valence-corrected chi connectivity index (χ3v) is 6.17. The minimum absolute atomic E-state index is 0.247. The van der Waals surface area contributed by atoms with Crippen molar-refractivity contribution in [2.45, 2.75) is 59.9 Å². The molecule has 0 saturated heterocycles. The third kappa shape index (κ3) is 1.55. The van der Waals surface area contributed by atoms with Gasteiger partial charge in [-0.15, -0.1) is 0 Å². The van der Waals surface area contributed by atoms with Crippen LogP contribution in [0.3, 0.4) is 0 Å². The standard InChI is InChI=1S/C17H25NO2/c1-10-8-13(14(19)20)11(2)18(10)15-16(3,4)12-6-7-17(15,5)9-12/h8,12,15H,6-7,9H2,1-5H3,(H,19,20). The van der Waals surface area contributed by atoms with E-state index < -0.39 is 5.97 Å². The van der Waals surface area contributed by atoms with Crippen LogP contribution >= 0.6 is 0 Å². The topological polar surface area (TPSA) is 42.2 Å². The molecule has 110 valence electrons. The third-order valence-electron chi connectivity index (χ3n) is 6.17. The lowest BCUT2D eigenvalue weighted by molar-refractivity contribution is 0.0687. The molecule has 2 bridgehead atoms. The maximum Gasteiger partial charge on any atom is 0.337 e. The Hall–Kier alpha value is -1.25. The van der Waals surface area contributed by atoms with Gasteiger partial charge in [-0.05, 0) is 55.9 Å². The normalized spacial score (nSPS) is 34.6. The molecule has 3 atom stereocenters. The van der Waals surface area contributed by atoms with Crippen LogP contribution in [-0.2, 0) is 0 Å². The van der Waals surface area contributed by atoms with Gasteiger partial charge in [-0.2, -0.15) is 0 Å². The molecular formula is C17H25NO2. The molecule has 1 N–H and O–H groups in total. The monoisotopic (exact) mass is 275 g/mol. The van der Waals surface area contributed by atoms with E-state index in [0.717, 1.165) is 17.3 Å². The zero-order valence-electron chi connectivity index (χ0n) is 13.2. The number of fused-ring (bicyclic) bond motifs is 2. The first-order valence-electron chi connectivity index (χ1n) is 7.60. The Kier molecular flexibility index (Phi) is 2.67. The van der Waals surface area contributed by atoms with Gasteiger partial charge in [-0.25, -0.2) is 4.79 Å². The lowest BCUT2D eigenvalue weighted by Gasteiger charge is -2.45. The van der Waals surface area contributed by atoms with Crippen molar-refractivity contribution in [3.8, 4) is 0 Å². The molecular weight excluding hydrogens is 250 g/mol. The molecule has 20 heavy (non-hydrogen) atoms. The van der Waals surface area contributed by atoms with E-state index in [1.807, 2.05) is 19.9 Å². The van der Waals surface area contributed by atoms with Gasteiger partial charge in [-0.3, -0.25) is 0 Å². The number of carbonyl (C=O) groups is 1. The Morgan fingerprint density at radius 2 is 2.00 bits per heavy atom. The Morgan fingerprint density at radius 3 is 2.45 bits per heavy atom. The second-order valence-corrected chi connectivity index (χ2v) is 7.78. The van der Waals surface area contributed by atoms with Crippen LogP contribution in [0.4, 0.5) is 0 Å². The van der Waals surface area contributed by atoms with Crippen LogP contribution in [0.5, 0.6) is 0 Å². The molecule has 2 aliphatic carbocycles. The summed E-state index contributed by atoms with van der Waals surface area (Å²) >= 11 is 0. The number of carboxylic acid groups (broad SMARTS) is 1. The van der Waals surface area contributed by atoms with E-state index >= 15 is 0 Å². The number of aryl methyl sites for hydroxylation is 1. The fourth-order valence-corrected chi connectivity index (χ4v) is 5.31. The molecule has 1 heterocycles. The minimum atomic E-state index is -0.810. The SMILES string of the molecule is Cc1cc(C(=O)O)c(C)n1C1C2(C)CCC(C2)C1(C)C. The zero-order chi connectivity index (χ0) is 14.9. The lowest BCUT2D eigenvalue weighted by atomic mass is 9.68. The van der Waals surface area contributed by atoms with Crippen LogP contribution in [0, 0.1) is 30.6 Å². The summed E-state index contributed by atoms with van der Waals surface area (Å²) in [5.74, 6) is -0.0394. The lowest BCUT2D eigenvalue weighted by Crippen LogP contribution is -2.38. The van der Waals surface area contributed by atoms with E-state index in [9.17, 15) is 9.90 Å². The van der Waals surface area contributed by atoms with Crippen molar-refractivity contribution in [3.63, 3.8) is 0 Å². The van der Waals surface area contributed by atoms with Crippen molar-refractivity contribution >= 4 is 5.97 Å². The number of aromatic carboxylic acids is 1. The van der Waals surface area contributed by atoms with Crippen molar-refractivity contribution in [2.75, 3.05) is 0 Å². The van der Waals surface area contributed by atoms with Crippen LogP contribution in [0.15, 0.2) is 6.07 Å². The van der Waals surface area contributed by atoms with Gasteiger partial charge in [0.15, 0.2) is 0 Å². The highest BCUT2D eigenvalue weighted by atomic mass is 16.4. The summed E-state index contributed by atoms with van der Waals surface area (Å²) in [6.07, 6.45) is 3.88. The summed E-state index contributed by atoms with van der Waals surface area (Å²) in [4.78, 5) is 11.4. The number of aromatic nitrogens is 1. The molecule has 2 fully saturated rings. The summed E-state index contributed by atoms with van der Waals surface area (Å²) in [5.41, 5.74) is 3.04. The van der Waals surface area contributed by atoms with E-state index in [-0.39, 0.29) is 5.41 Å². The molecule has 3 nitrogen and oxygen atoms in total. The van der Waals surface area contributed by atoms with E-state index in [1.54, 1.807) is 0 Å². The van der Waals surface area contributed by atoms with Crippen molar-refractivity contribution in [1.82, 2.24) is 4.57 Å². The number of rotatable bonds is 2. The molecule has 0 amide bonds. The predicted octanol–water partition coefficient (Wildman–Crippen LogP) is 4.19. The van der Waals surface area contributed by atoms with E-state index in [2.05, 4.69) is 25.3 Å². The fourth-order valence-electron chi connectivity index (χ4n) is 5.31. The Bertz CT molecular complexity index is 579. The average Bonchev–Trinajstić information content (AvgIpc) is 2.90. The molecule has 2 aliphatic rings. The maximum absolute atomic E-state index is 11.4. The maximum atomic E-state index is 11.4. The molecule has 0 radical (unpaired) electrons. The Labute approximate surface area is 121 Å². The highest BCUT2D eigenvalue weighted by Gasteiger charge is 2.60. The van der Waals surface area contributed by atoms with Gasteiger partial charge in [0.2, 0.25) is 0 Å². The molecule has 1 aromatic heterocycles. The molecule has 3 heteroatoms. The van der Waals surface area contributed by atoms with E-state index in [4.69, 9.17) is 0 Å². The van der Waals surface area contributed by atoms with Crippen LogP contribution in [0.2, 0.25) is 0 Å². The summed E-state index contributed by atoms with van der Waals surface area (Å²) in [6.45, 7) is 11.1. The summed E-state index contributed by atoms with van der Waals surface area (Å²) < 4.78 is 2.32. The fraction of sp³-hybridized carbons (Fsp3) is 0.706. The first-order chi connectivity index (χ1) is 9.18. The van der Waals surface area contributed by atoms with Crippen molar-refractivity contribution < 1.29 is 9.90 Å². The van der Waals surface area contributed by atoms with Crippen LogP contribution < -0.4 is 0 Å². The van der Waals surface area contributed by atoms with Crippen molar-refractivity contribution in [1.29, 1.82) is 0 Å². The summed E-state index contributed by atoms with van der Waals surface area (Å²) in [7, 11) is 0. The molecule has 0 aromatic carbocycles. The van der Waals surface area contributed by atoms with Gasteiger partial charge in [-0.1, -0.05) is 20.8 Å². The second-order valence-electron chi connectivity index (χ2n) is 7.78. The van der Waals surface area contributed by atoms with Gasteiger partial charge in [0.25, 0.3) is 0 Å². The minimum Gasteiger partial charge on any atom is -0.478 e. The van der Waals surface area contributed by atoms with Gasteiger partial charge < -0.3 is 9.67 Å². The van der Waals surface area contributed by atoms with E-state index in [1.165, 1.54) is 19.3 Å². The zero-order valence-corrected chi connectivity index (χ0v) is 13.2. The highest BCUT2D eigenvalue weighted by molar-refractivity contribution is 5.89. The number of nitrogens with zero attached hydrogens (tertiary/aromatic N) is 1. The molecule has 3 unspecified atom stereocenters. The quantitative estimate of drug-likeness (QED) is 0.879. The summed E-state index contributed by atoms with van der Waals surface area (Å²) in [6, 6.07) is 2.25. The first-order valence-corrected chi connectivity index (χ1v) is 7.60. The van der Waals surface area contributed by atoms with E-state index in [0.29, 0.717) is 17.0 Å². The smallest absolute Gasteiger partial charge is 0.337 e. The van der Waals surface area contributed by atoms with Crippen molar-refractivity contribution in [2.24, 2.45) is 16.7 Å². The van der Waals surface area contributed by atoms with Crippen LogP contribution in [-0.4, -0.2) is 15.6 Å². The highest BCUT2D eigenvalue weighted by Crippen LogP contribution is 2.68. The number of hydrogen-bond acceptors (Lipinski definition) is 1. The van der Waals surface area contributed by atoms with Gasteiger partial charge in [0.05, 0.1) is 5.56 Å². The van der Waals surface area contributed by atoms with Gasteiger partial charge in [0.1, 0.15) is 0 Å². The van der Waals surface area contributed by atoms with Crippen molar-refractivity contribution in [3.05, 3.63) is 23.0 Å². The largest absolute Gasteiger partial charge is 0.478 e. The van der Waals surface area contributed by atoms with Crippen LogP contribution in [0.25, 0.3) is 0 Å². The Morgan fingerprint density at radius 1 is 1.35 bits per heavy atom. The molecule has 3 rings (SSSR count). The first kappa shape index (κ1) is 13.7. The average molecular weight is 275 g/mol. The molecule has 2 saturated carbocycles. The molecule has 0 spiro atoms. The summed E-state index contributed by atoms with van der Waals surface area (Å²) in [5, 5.41) is 9.36. The Balaban J connectivity index is 2.16. The second kappa shape index (κ2) is 3.90. The van der Waals surface area contributed by atoms with Gasteiger partial charge >= 0.3 is 5.97 Å². The predicted molar refractivity (Wildman–Crippen MR) is 79.1 cm³/mol. The van der Waals surface area contributed by atoms with Gasteiger partial charge in [0, 0.05) is 17.4 Å². The van der Waals surface area contributed by atoms with Crippen LogP contribution in [0.1, 0.15) is 67.8 Å².